The van der Waals surface area contributed by atoms with Crippen molar-refractivity contribution >= 4 is 11.8 Å². The van der Waals surface area contributed by atoms with Crippen LogP contribution in [-0.2, 0) is 14.4 Å². The molecule has 258 valence electrons. The highest BCUT2D eigenvalue weighted by Crippen LogP contribution is 2.71. The summed E-state index contributed by atoms with van der Waals surface area (Å²) in [6.07, 6.45) is 4.43. The van der Waals surface area contributed by atoms with Gasteiger partial charge < -0.3 is 35.1 Å². The fraction of sp³-hybridized carbons (Fsp3) is 0.853. The average molecular weight is 648 g/mol. The second kappa shape index (κ2) is 12.4. The molecule has 12 heteroatoms. The molecule has 2 heterocycles. The number of carbonyl (C=O) groups excluding carboxylic acids is 1. The van der Waals surface area contributed by atoms with Gasteiger partial charge in [-0.15, -0.1) is 0 Å². The lowest BCUT2D eigenvalue weighted by Gasteiger charge is -2.66. The number of nitrogens with one attached hydrogen (secondary N) is 1. The summed E-state index contributed by atoms with van der Waals surface area (Å²) < 4.78 is 6.39. The quantitative estimate of drug-likeness (QED) is 0.228. The number of hydrogen-bond donors (Lipinski definition) is 6. The van der Waals surface area contributed by atoms with E-state index in [1.54, 1.807) is 0 Å². The van der Waals surface area contributed by atoms with Crippen LogP contribution in [0.1, 0.15) is 98.1 Å². The van der Waals surface area contributed by atoms with E-state index in [9.17, 15) is 35.1 Å². The second-order valence-corrected chi connectivity index (χ2v) is 16.0. The first kappa shape index (κ1) is 33.8. The summed E-state index contributed by atoms with van der Waals surface area (Å²) in [6, 6.07) is 1.39. The molecule has 0 unspecified atom stereocenters. The molecule has 6 N–H and O–H groups in total. The van der Waals surface area contributed by atoms with Crippen LogP contribution in [0.15, 0.2) is 17.1 Å². The van der Waals surface area contributed by atoms with Crippen LogP contribution in [0.25, 0.3) is 0 Å². The number of aromatic nitrogens is 2. The Bertz CT molecular complexity index is 1340. The lowest BCUT2D eigenvalue weighted by molar-refractivity contribution is -0.210. The van der Waals surface area contributed by atoms with E-state index in [0.29, 0.717) is 30.1 Å². The van der Waals surface area contributed by atoms with Crippen LogP contribution >= 0.6 is 0 Å². The first-order valence-corrected chi connectivity index (χ1v) is 17.3. The Morgan fingerprint density at radius 3 is 2.54 bits per heavy atom. The van der Waals surface area contributed by atoms with E-state index in [0.717, 1.165) is 55.9 Å². The van der Waals surface area contributed by atoms with Gasteiger partial charge in [-0.3, -0.25) is 4.57 Å². The van der Waals surface area contributed by atoms with Gasteiger partial charge in [0.25, 0.3) is 0 Å². The fourth-order valence-corrected chi connectivity index (χ4v) is 11.1. The van der Waals surface area contributed by atoms with E-state index in [4.69, 9.17) is 9.57 Å². The summed E-state index contributed by atoms with van der Waals surface area (Å²) in [4.78, 5) is 34.3. The minimum atomic E-state index is -1.42. The summed E-state index contributed by atoms with van der Waals surface area (Å²) in [5.41, 5.74) is 1.87. The summed E-state index contributed by atoms with van der Waals surface area (Å²) >= 11 is 0. The highest BCUT2D eigenvalue weighted by atomic mass is 16.7. The summed E-state index contributed by atoms with van der Waals surface area (Å²) in [5, 5.41) is 51.6. The molecule has 0 amide bonds. The average Bonchev–Trinajstić information content (AvgIpc) is 3.51. The summed E-state index contributed by atoms with van der Waals surface area (Å²) in [5.74, 6) is 1.51. The molecular weight excluding hydrogens is 594 g/mol. The minimum absolute atomic E-state index is 0.0145. The molecule has 5 aliphatic rings. The predicted octanol–water partition coefficient (Wildman–Crippen LogP) is 2.52. The van der Waals surface area contributed by atoms with E-state index in [1.807, 2.05) is 0 Å². The molecular formula is C34H53N3O9. The zero-order valence-corrected chi connectivity index (χ0v) is 27.5. The van der Waals surface area contributed by atoms with E-state index < -0.39 is 42.8 Å². The van der Waals surface area contributed by atoms with Gasteiger partial charge in [-0.25, -0.2) is 15.1 Å². The SMILES string of the molecule is C[C@H](CCC(=O)ONc1ccn([C@@H]2O[C@H](CO)[C@H](O)[C@@H]2O)c(=O)n1)[C@H]1CC[C@H]2[C@@H]3[C@@H](O)C[C@]4(C)C[C@H](O)CC[C@]4(C)[C@H]3CC[C@]12C. The molecule has 1 aromatic heterocycles. The van der Waals surface area contributed by atoms with Crippen LogP contribution in [0.2, 0.25) is 0 Å². The van der Waals surface area contributed by atoms with Crippen LogP contribution in [0, 0.1) is 45.8 Å². The van der Waals surface area contributed by atoms with Crippen molar-refractivity contribution in [2.24, 2.45) is 45.8 Å². The number of rotatable bonds is 8. The Balaban J connectivity index is 1.03. The number of anilines is 1. The van der Waals surface area contributed by atoms with E-state index in [1.165, 1.54) is 12.3 Å². The van der Waals surface area contributed by atoms with Crippen molar-refractivity contribution in [2.75, 3.05) is 12.1 Å². The third-order valence-electron chi connectivity index (χ3n) is 13.8. The highest BCUT2D eigenvalue weighted by molar-refractivity contribution is 5.70. The van der Waals surface area contributed by atoms with Gasteiger partial charge in [-0.2, -0.15) is 4.98 Å². The number of aliphatic hydroxyl groups excluding tert-OH is 5. The molecule has 6 rings (SSSR count). The summed E-state index contributed by atoms with van der Waals surface area (Å²) in [6.45, 7) is 8.87. The van der Waals surface area contributed by atoms with Crippen LogP contribution in [0.5, 0.6) is 0 Å². The number of ether oxygens (including phenoxy) is 1. The molecule has 0 spiro atoms. The number of carbonyl (C=O) groups is 1. The van der Waals surface area contributed by atoms with Gasteiger partial charge in [0.1, 0.15) is 18.3 Å². The van der Waals surface area contributed by atoms with Crippen LogP contribution < -0.4 is 11.2 Å². The van der Waals surface area contributed by atoms with Crippen LogP contribution in [0.3, 0.4) is 0 Å². The number of hydrogen-bond acceptors (Lipinski definition) is 11. The van der Waals surface area contributed by atoms with Gasteiger partial charge in [0.15, 0.2) is 12.0 Å². The number of fused-ring (bicyclic) bond motifs is 5. The van der Waals surface area contributed by atoms with E-state index >= 15 is 0 Å². The number of aliphatic hydroxyl groups is 5. The van der Waals surface area contributed by atoms with Gasteiger partial charge in [-0.05, 0) is 104 Å². The normalized spacial score (nSPS) is 45.8. The Labute approximate surface area is 270 Å². The zero-order chi connectivity index (χ0) is 33.2. The van der Waals surface area contributed by atoms with Crippen molar-refractivity contribution < 1.29 is 39.9 Å². The van der Waals surface area contributed by atoms with Crippen LogP contribution in [0.4, 0.5) is 5.82 Å². The molecule has 46 heavy (non-hydrogen) atoms. The molecule has 4 aliphatic carbocycles. The fourth-order valence-electron chi connectivity index (χ4n) is 11.1. The van der Waals surface area contributed by atoms with Crippen molar-refractivity contribution in [1.82, 2.24) is 9.55 Å². The highest BCUT2D eigenvalue weighted by Gasteiger charge is 2.65. The molecule has 14 atom stereocenters. The van der Waals surface area contributed by atoms with Gasteiger partial charge >= 0.3 is 11.7 Å². The van der Waals surface area contributed by atoms with Crippen molar-refractivity contribution in [3.63, 3.8) is 0 Å². The third kappa shape index (κ3) is 5.50. The topological polar surface area (TPSA) is 184 Å². The lowest BCUT2D eigenvalue weighted by Crippen LogP contribution is -2.62. The van der Waals surface area contributed by atoms with Crippen molar-refractivity contribution in [2.45, 2.75) is 129 Å². The van der Waals surface area contributed by atoms with Crippen molar-refractivity contribution in [3.05, 3.63) is 22.7 Å². The zero-order valence-electron chi connectivity index (χ0n) is 27.5. The first-order chi connectivity index (χ1) is 21.7. The predicted molar refractivity (Wildman–Crippen MR) is 167 cm³/mol. The Morgan fingerprint density at radius 2 is 1.85 bits per heavy atom. The maximum Gasteiger partial charge on any atom is 0.351 e. The summed E-state index contributed by atoms with van der Waals surface area (Å²) in [7, 11) is 0. The molecule has 0 radical (unpaired) electrons. The number of nitrogens with zero attached hydrogens (tertiary/aromatic N) is 2. The molecule has 12 nitrogen and oxygen atoms in total. The van der Waals surface area contributed by atoms with Gasteiger partial charge in [0.05, 0.1) is 18.8 Å². The smallest absolute Gasteiger partial charge is 0.351 e. The van der Waals surface area contributed by atoms with Crippen molar-refractivity contribution in [1.29, 1.82) is 0 Å². The first-order valence-electron chi connectivity index (χ1n) is 17.3. The van der Waals surface area contributed by atoms with E-state index in [-0.39, 0.29) is 46.6 Å². The van der Waals surface area contributed by atoms with Crippen molar-refractivity contribution in [3.8, 4) is 0 Å². The molecule has 0 aromatic carbocycles. The van der Waals surface area contributed by atoms with Crippen LogP contribution in [-0.4, -0.2) is 78.2 Å². The van der Waals surface area contributed by atoms with E-state index in [2.05, 4.69) is 38.2 Å². The lowest BCUT2D eigenvalue weighted by atomic mass is 9.39. The Hall–Kier alpha value is -2.09. The molecule has 1 aliphatic heterocycles. The minimum Gasteiger partial charge on any atom is -0.394 e. The maximum absolute atomic E-state index is 12.7. The monoisotopic (exact) mass is 647 g/mol. The third-order valence-corrected chi connectivity index (χ3v) is 13.8. The molecule has 0 bridgehead atoms. The Kier molecular flexibility index (Phi) is 9.12. The van der Waals surface area contributed by atoms with Gasteiger partial charge in [-0.1, -0.05) is 27.7 Å². The standard InChI is InChI=1S/C34H53N3O9/c1-18(5-8-26(41)46-36-25-11-14-37(31(44)35-25)30-29(43)28(42)24(17-38)45-30)20-6-7-21-27-22(10-12-33(20,21)3)34(4)13-9-19(39)15-32(34,2)16-23(27)40/h11,14,18-24,27-30,38-40,42-43H,5-10,12-13,15-17H2,1-4H3,(H,35,36,44)/t18-,19-,20-,21+,22+,23+,24-,27+,28+,29+,30-,32+,33-,34-/m1/s1. The van der Waals surface area contributed by atoms with Gasteiger partial charge in [0, 0.05) is 18.7 Å². The van der Waals surface area contributed by atoms with Gasteiger partial charge in [0.2, 0.25) is 0 Å². The Morgan fingerprint density at radius 1 is 1.09 bits per heavy atom. The molecule has 4 saturated carbocycles. The largest absolute Gasteiger partial charge is 0.394 e. The molecule has 5 fully saturated rings. The molecule has 1 aromatic rings. The second-order valence-electron chi connectivity index (χ2n) is 16.0. The maximum atomic E-state index is 12.7. The molecule has 1 saturated heterocycles.